The van der Waals surface area contributed by atoms with E-state index in [0.29, 0.717) is 11.8 Å². The van der Waals surface area contributed by atoms with E-state index in [1.807, 2.05) is 0 Å². The molecule has 0 spiro atoms. The third kappa shape index (κ3) is 2.22. The average Bonchev–Trinajstić information content (AvgIpc) is 2.71. The summed E-state index contributed by atoms with van der Waals surface area (Å²) >= 11 is 0. The first-order valence-corrected chi connectivity index (χ1v) is 11.7. The van der Waals surface area contributed by atoms with Crippen molar-refractivity contribution in [2.45, 2.75) is 50.2 Å². The molecule has 0 aromatic heterocycles. The summed E-state index contributed by atoms with van der Waals surface area (Å²) in [6.07, 6.45) is 7.29. The Labute approximate surface area is 170 Å². The number of aryl methyl sites for hydroxylation is 1. The van der Waals surface area contributed by atoms with Crippen molar-refractivity contribution in [2.75, 3.05) is 0 Å². The van der Waals surface area contributed by atoms with Crippen molar-refractivity contribution in [3.05, 3.63) is 59.7 Å². The zero-order chi connectivity index (χ0) is 18.9. The minimum absolute atomic E-state index is 0.428. The minimum Gasteiger partial charge on any atom is -0.385 e. The van der Waals surface area contributed by atoms with Crippen LogP contribution in [0.1, 0.15) is 43.2 Å². The maximum absolute atomic E-state index is 12.5. The molecule has 7 rings (SSSR count). The quantitative estimate of drug-likeness (QED) is 0.450. The third-order valence-electron chi connectivity index (χ3n) is 8.20. The summed E-state index contributed by atoms with van der Waals surface area (Å²) in [5, 5.41) is 17.7. The van der Waals surface area contributed by atoms with Crippen LogP contribution in [0.15, 0.2) is 48.5 Å². The van der Waals surface area contributed by atoms with Crippen LogP contribution in [0.25, 0.3) is 21.5 Å². The zero-order valence-corrected chi connectivity index (χ0v) is 17.3. The van der Waals surface area contributed by atoms with Crippen molar-refractivity contribution in [1.82, 2.24) is 0 Å². The molecule has 4 aliphatic rings. The molecule has 1 N–H and O–H groups in total. The third-order valence-corrected chi connectivity index (χ3v) is 8.45. The molecule has 0 saturated heterocycles. The second-order valence-corrected chi connectivity index (χ2v) is 10.1. The van der Waals surface area contributed by atoms with Crippen LogP contribution < -0.4 is 0 Å². The van der Waals surface area contributed by atoms with Gasteiger partial charge in [-0.05, 0) is 94.9 Å². The number of rotatable bonds is 3. The first-order chi connectivity index (χ1) is 13.7. The maximum Gasteiger partial charge on any atom is 0.0964 e. The normalized spacial score (nSPS) is 33.8. The van der Waals surface area contributed by atoms with Crippen LogP contribution >= 0.6 is 0 Å². The fourth-order valence-electron chi connectivity index (χ4n) is 7.36. The molecule has 0 atom stereocenters. The average molecular weight is 384 g/mol. The summed E-state index contributed by atoms with van der Waals surface area (Å²) in [6, 6.07) is 18.6. The van der Waals surface area contributed by atoms with E-state index in [9.17, 15) is 5.11 Å². The molecule has 141 valence electrons. The topological polar surface area (TPSA) is 20.2 Å². The second kappa shape index (κ2) is 6.18. The van der Waals surface area contributed by atoms with Crippen molar-refractivity contribution in [3.63, 3.8) is 0 Å². The van der Waals surface area contributed by atoms with Gasteiger partial charge in [0.05, 0.1) is 5.60 Å². The van der Waals surface area contributed by atoms with E-state index in [-0.39, 0.29) is 0 Å². The van der Waals surface area contributed by atoms with Crippen LogP contribution in [-0.4, -0.2) is 15.3 Å². The molecule has 0 unspecified atom stereocenters. The van der Waals surface area contributed by atoms with Gasteiger partial charge in [0.15, 0.2) is 0 Å². The van der Waals surface area contributed by atoms with Crippen molar-refractivity contribution in [2.24, 2.45) is 23.7 Å². The number of hydrogen-bond donors (Lipinski definition) is 1. The van der Waals surface area contributed by atoms with Crippen LogP contribution in [0.2, 0.25) is 6.04 Å². The van der Waals surface area contributed by atoms with Crippen molar-refractivity contribution >= 4 is 31.8 Å². The minimum atomic E-state index is -0.668. The predicted octanol–water partition coefficient (Wildman–Crippen LogP) is 5.77. The molecule has 0 amide bonds. The number of fused-ring (bicyclic) bond motifs is 2. The lowest BCUT2D eigenvalue weighted by atomic mass is 9.48. The van der Waals surface area contributed by atoms with Gasteiger partial charge in [-0.15, -0.1) is 0 Å². The highest BCUT2D eigenvalue weighted by Crippen LogP contribution is 2.63. The van der Waals surface area contributed by atoms with E-state index in [1.165, 1.54) is 64.8 Å². The first kappa shape index (κ1) is 17.2. The van der Waals surface area contributed by atoms with Crippen LogP contribution in [0.4, 0.5) is 0 Å². The highest BCUT2D eigenvalue weighted by atomic mass is 28.1. The molecule has 28 heavy (non-hydrogen) atoms. The fraction of sp³-hybridized carbons (Fsp3) is 0.462. The molecule has 4 bridgehead atoms. The number of benzene rings is 3. The molecule has 3 radical (unpaired) electrons. The summed E-state index contributed by atoms with van der Waals surface area (Å²) in [6.45, 7) is 0. The standard InChI is InChI=1S/C26H27OSi/c27-26(18-12-16-11-17(14-18)15-19(26)13-16)25-23-7-3-1-5-20(23)22(9-10-28)21-6-2-4-8-24(21)25/h1-8,16-19,27H,9-15H2. The lowest BCUT2D eigenvalue weighted by molar-refractivity contribution is -0.177. The molecule has 3 aromatic carbocycles. The molecule has 4 aliphatic carbocycles. The van der Waals surface area contributed by atoms with E-state index in [0.717, 1.165) is 24.3 Å². The smallest absolute Gasteiger partial charge is 0.0964 e. The van der Waals surface area contributed by atoms with Gasteiger partial charge >= 0.3 is 0 Å². The van der Waals surface area contributed by atoms with Gasteiger partial charge in [0, 0.05) is 10.2 Å². The molecule has 4 saturated carbocycles. The highest BCUT2D eigenvalue weighted by Gasteiger charge is 2.58. The van der Waals surface area contributed by atoms with Gasteiger partial charge in [-0.3, -0.25) is 0 Å². The Morgan fingerprint density at radius 1 is 0.750 bits per heavy atom. The van der Waals surface area contributed by atoms with Gasteiger partial charge in [0.1, 0.15) is 0 Å². The van der Waals surface area contributed by atoms with Gasteiger partial charge in [-0.25, -0.2) is 0 Å². The first-order valence-electron chi connectivity index (χ1n) is 11.0. The Bertz CT molecular complexity index is 984. The van der Waals surface area contributed by atoms with Crippen LogP contribution in [0, 0.1) is 23.7 Å². The fourth-order valence-corrected chi connectivity index (χ4v) is 7.61. The van der Waals surface area contributed by atoms with E-state index in [1.54, 1.807) is 0 Å². The number of aliphatic hydroxyl groups is 1. The Hall–Kier alpha value is -1.64. The largest absolute Gasteiger partial charge is 0.385 e. The van der Waals surface area contributed by atoms with Gasteiger partial charge in [0.2, 0.25) is 0 Å². The van der Waals surface area contributed by atoms with Crippen molar-refractivity contribution < 1.29 is 5.11 Å². The molecule has 0 heterocycles. The summed E-state index contributed by atoms with van der Waals surface area (Å²) in [4.78, 5) is 0. The van der Waals surface area contributed by atoms with E-state index < -0.39 is 5.60 Å². The Morgan fingerprint density at radius 2 is 1.21 bits per heavy atom. The SMILES string of the molecule is OC1(c2c3ccccc3c(CC[Si])c3ccccc23)C2CC3CC(C2)CC1C3. The summed E-state index contributed by atoms with van der Waals surface area (Å²) in [5.41, 5.74) is 1.99. The molecule has 3 aromatic rings. The van der Waals surface area contributed by atoms with Crippen LogP contribution in [0.5, 0.6) is 0 Å². The molecular formula is C26H27OSi. The van der Waals surface area contributed by atoms with Crippen LogP contribution in [-0.2, 0) is 12.0 Å². The summed E-state index contributed by atoms with van der Waals surface area (Å²) in [5.74, 6) is 2.56. The molecule has 4 fully saturated rings. The number of hydrogen-bond acceptors (Lipinski definition) is 1. The van der Waals surface area contributed by atoms with Crippen molar-refractivity contribution in [3.8, 4) is 0 Å². The monoisotopic (exact) mass is 383 g/mol. The molecule has 2 heteroatoms. The highest BCUT2D eigenvalue weighted by molar-refractivity contribution is 6.10. The van der Waals surface area contributed by atoms with Crippen molar-refractivity contribution in [1.29, 1.82) is 0 Å². The molecular weight excluding hydrogens is 356 g/mol. The summed E-state index contributed by atoms with van der Waals surface area (Å²) in [7, 11) is 3.72. The molecule has 0 aliphatic heterocycles. The lowest BCUT2D eigenvalue weighted by Gasteiger charge is -2.59. The predicted molar refractivity (Wildman–Crippen MR) is 117 cm³/mol. The van der Waals surface area contributed by atoms with Gasteiger partial charge < -0.3 is 5.11 Å². The van der Waals surface area contributed by atoms with E-state index in [2.05, 4.69) is 58.8 Å². The van der Waals surface area contributed by atoms with Gasteiger partial charge in [-0.1, -0.05) is 54.6 Å². The molecule has 1 nitrogen and oxygen atoms in total. The Morgan fingerprint density at radius 3 is 1.68 bits per heavy atom. The van der Waals surface area contributed by atoms with E-state index in [4.69, 9.17) is 0 Å². The maximum atomic E-state index is 12.5. The summed E-state index contributed by atoms with van der Waals surface area (Å²) < 4.78 is 0. The Balaban J connectivity index is 1.70. The lowest BCUT2D eigenvalue weighted by Crippen LogP contribution is -2.55. The van der Waals surface area contributed by atoms with Gasteiger partial charge in [-0.2, -0.15) is 0 Å². The zero-order valence-electron chi connectivity index (χ0n) is 16.3. The van der Waals surface area contributed by atoms with Gasteiger partial charge in [0.25, 0.3) is 0 Å². The van der Waals surface area contributed by atoms with E-state index >= 15 is 0 Å². The second-order valence-electron chi connectivity index (χ2n) is 9.57. The van der Waals surface area contributed by atoms with Crippen LogP contribution in [0.3, 0.4) is 0 Å². The Kier molecular flexibility index (Phi) is 3.80.